The van der Waals surface area contributed by atoms with E-state index in [-0.39, 0.29) is 18.4 Å². The van der Waals surface area contributed by atoms with E-state index in [0.717, 1.165) is 12.0 Å². The third-order valence-corrected chi connectivity index (χ3v) is 4.29. The first-order valence-electron chi connectivity index (χ1n) is 8.41. The highest BCUT2D eigenvalue weighted by atomic mass is 35.5. The topological polar surface area (TPSA) is 41.5 Å². The minimum Gasteiger partial charge on any atom is -0.389 e. The highest BCUT2D eigenvalue weighted by Gasteiger charge is 2.09. The largest absolute Gasteiger partial charge is 0.389 e. The molecule has 3 nitrogen and oxygen atoms in total. The lowest BCUT2D eigenvalue weighted by Crippen LogP contribution is -2.32. The molecular formula is C20H27Cl2NO2. The smallest absolute Gasteiger partial charge is 0.0898 e. The fourth-order valence-electron chi connectivity index (χ4n) is 2.43. The fourth-order valence-corrected chi connectivity index (χ4v) is 2.55. The van der Waals surface area contributed by atoms with Crippen LogP contribution in [0.1, 0.15) is 36.6 Å². The standard InChI is InChI=1S/C20H26ClNO2.ClH/c1-3-16-4-8-18(9-5-16)15(2)22-12-20(23)14-24-13-17-6-10-19(21)11-7-17;/h4-11,15,20,22-23H,3,12-14H2,1-2H3;1H. The van der Waals surface area contributed by atoms with Crippen molar-refractivity contribution in [2.45, 2.75) is 39.0 Å². The normalized spacial score (nSPS) is 13.1. The molecule has 0 aliphatic rings. The molecule has 0 aliphatic heterocycles. The van der Waals surface area contributed by atoms with Gasteiger partial charge in [-0.2, -0.15) is 0 Å². The van der Waals surface area contributed by atoms with Crippen LogP contribution < -0.4 is 5.32 Å². The maximum absolute atomic E-state index is 10.0. The molecule has 0 saturated heterocycles. The van der Waals surface area contributed by atoms with Crippen LogP contribution in [0.3, 0.4) is 0 Å². The minimum atomic E-state index is -0.533. The number of aliphatic hydroxyl groups is 1. The fraction of sp³-hybridized carbons (Fsp3) is 0.400. The van der Waals surface area contributed by atoms with E-state index in [0.29, 0.717) is 24.8 Å². The Morgan fingerprint density at radius 2 is 1.64 bits per heavy atom. The number of hydrogen-bond acceptors (Lipinski definition) is 3. The summed E-state index contributed by atoms with van der Waals surface area (Å²) in [7, 11) is 0. The third-order valence-electron chi connectivity index (χ3n) is 4.04. The van der Waals surface area contributed by atoms with Gasteiger partial charge < -0.3 is 15.2 Å². The third kappa shape index (κ3) is 7.76. The summed E-state index contributed by atoms with van der Waals surface area (Å²) < 4.78 is 5.56. The zero-order chi connectivity index (χ0) is 17.4. The van der Waals surface area contributed by atoms with Crippen molar-refractivity contribution in [1.82, 2.24) is 5.32 Å². The Morgan fingerprint density at radius 1 is 1.04 bits per heavy atom. The van der Waals surface area contributed by atoms with Crippen molar-refractivity contribution in [2.75, 3.05) is 13.2 Å². The molecule has 0 radical (unpaired) electrons. The van der Waals surface area contributed by atoms with Crippen LogP contribution in [0.5, 0.6) is 0 Å². The zero-order valence-corrected chi connectivity index (χ0v) is 16.3. The van der Waals surface area contributed by atoms with Gasteiger partial charge >= 0.3 is 0 Å². The molecule has 0 saturated carbocycles. The summed E-state index contributed by atoms with van der Waals surface area (Å²) in [5.74, 6) is 0. The number of halogens is 2. The summed E-state index contributed by atoms with van der Waals surface area (Å²) in [6, 6.07) is 16.3. The molecule has 5 heteroatoms. The average molecular weight is 384 g/mol. The van der Waals surface area contributed by atoms with Crippen molar-refractivity contribution in [3.63, 3.8) is 0 Å². The summed E-state index contributed by atoms with van der Waals surface area (Å²) in [5.41, 5.74) is 3.60. The summed E-state index contributed by atoms with van der Waals surface area (Å²) >= 11 is 5.85. The summed E-state index contributed by atoms with van der Waals surface area (Å²) in [4.78, 5) is 0. The van der Waals surface area contributed by atoms with Crippen LogP contribution in [0.4, 0.5) is 0 Å². The Labute approximate surface area is 161 Å². The Kier molecular flexibility index (Phi) is 10.1. The van der Waals surface area contributed by atoms with Crippen LogP contribution in [0.25, 0.3) is 0 Å². The maximum atomic E-state index is 10.0. The van der Waals surface area contributed by atoms with Crippen LogP contribution in [0, 0.1) is 0 Å². The molecule has 2 unspecified atom stereocenters. The Bertz CT molecular complexity index is 602. The van der Waals surface area contributed by atoms with Crippen molar-refractivity contribution in [1.29, 1.82) is 0 Å². The van der Waals surface area contributed by atoms with Crippen molar-refractivity contribution in [3.8, 4) is 0 Å². The number of rotatable bonds is 9. The predicted octanol–water partition coefficient (Wildman–Crippen LogP) is 4.55. The van der Waals surface area contributed by atoms with E-state index in [1.807, 2.05) is 24.3 Å². The number of benzene rings is 2. The summed E-state index contributed by atoms with van der Waals surface area (Å²) in [5, 5.41) is 14.1. The second-order valence-corrected chi connectivity index (χ2v) is 6.46. The van der Waals surface area contributed by atoms with Gasteiger partial charge in [-0.15, -0.1) is 12.4 Å². The van der Waals surface area contributed by atoms with Crippen LogP contribution >= 0.6 is 24.0 Å². The number of aryl methyl sites for hydroxylation is 1. The molecule has 0 aromatic heterocycles. The van der Waals surface area contributed by atoms with Crippen molar-refractivity contribution >= 4 is 24.0 Å². The van der Waals surface area contributed by atoms with Gasteiger partial charge in [-0.1, -0.05) is 54.9 Å². The van der Waals surface area contributed by atoms with Gasteiger partial charge in [0.15, 0.2) is 0 Å². The van der Waals surface area contributed by atoms with Gasteiger partial charge in [0.05, 0.1) is 19.3 Å². The quantitative estimate of drug-likeness (QED) is 0.666. The molecule has 0 heterocycles. The molecule has 0 aliphatic carbocycles. The van der Waals surface area contributed by atoms with Gasteiger partial charge in [0, 0.05) is 17.6 Å². The van der Waals surface area contributed by atoms with Crippen LogP contribution in [0.15, 0.2) is 48.5 Å². The number of hydrogen-bond donors (Lipinski definition) is 2. The second kappa shape index (κ2) is 11.5. The van der Waals surface area contributed by atoms with Gasteiger partial charge in [0.1, 0.15) is 0 Å². The molecule has 2 aromatic carbocycles. The lowest BCUT2D eigenvalue weighted by Gasteiger charge is -2.18. The summed E-state index contributed by atoms with van der Waals surface area (Å²) in [6.45, 7) is 5.52. The molecule has 25 heavy (non-hydrogen) atoms. The first-order chi connectivity index (χ1) is 11.6. The first kappa shape index (κ1) is 21.9. The average Bonchev–Trinajstić information content (AvgIpc) is 2.61. The SMILES string of the molecule is CCc1ccc(C(C)NCC(O)COCc2ccc(Cl)cc2)cc1.Cl. The van der Waals surface area contributed by atoms with Crippen molar-refractivity contribution in [3.05, 3.63) is 70.2 Å². The summed E-state index contributed by atoms with van der Waals surface area (Å²) in [6.07, 6.45) is 0.515. The number of nitrogens with one attached hydrogen (secondary N) is 1. The minimum absolute atomic E-state index is 0. The molecule has 2 rings (SSSR count). The monoisotopic (exact) mass is 383 g/mol. The van der Waals surface area contributed by atoms with E-state index in [1.54, 1.807) is 0 Å². The maximum Gasteiger partial charge on any atom is 0.0898 e. The Balaban J connectivity index is 0.00000312. The molecular weight excluding hydrogens is 357 g/mol. The molecule has 2 aromatic rings. The van der Waals surface area contributed by atoms with E-state index in [2.05, 4.69) is 43.4 Å². The van der Waals surface area contributed by atoms with Crippen LogP contribution in [-0.4, -0.2) is 24.4 Å². The zero-order valence-electron chi connectivity index (χ0n) is 14.7. The second-order valence-electron chi connectivity index (χ2n) is 6.02. The van der Waals surface area contributed by atoms with Crippen molar-refractivity contribution in [2.24, 2.45) is 0 Å². The highest BCUT2D eigenvalue weighted by molar-refractivity contribution is 6.30. The Hall–Kier alpha value is -1.10. The molecule has 0 fully saturated rings. The van der Waals surface area contributed by atoms with Gasteiger partial charge in [-0.05, 0) is 42.2 Å². The predicted molar refractivity (Wildman–Crippen MR) is 107 cm³/mol. The van der Waals surface area contributed by atoms with E-state index < -0.39 is 6.10 Å². The lowest BCUT2D eigenvalue weighted by atomic mass is 10.0. The van der Waals surface area contributed by atoms with Crippen molar-refractivity contribution < 1.29 is 9.84 Å². The molecule has 2 N–H and O–H groups in total. The van der Waals surface area contributed by atoms with E-state index in [1.165, 1.54) is 11.1 Å². The van der Waals surface area contributed by atoms with Gasteiger partial charge in [0.25, 0.3) is 0 Å². The molecule has 0 spiro atoms. The van der Waals surface area contributed by atoms with Crippen LogP contribution in [0.2, 0.25) is 5.02 Å². The lowest BCUT2D eigenvalue weighted by molar-refractivity contribution is 0.0278. The molecule has 0 amide bonds. The number of aliphatic hydroxyl groups excluding tert-OH is 1. The Morgan fingerprint density at radius 3 is 2.24 bits per heavy atom. The van der Waals surface area contributed by atoms with Gasteiger partial charge in [0.2, 0.25) is 0 Å². The van der Waals surface area contributed by atoms with E-state index in [4.69, 9.17) is 16.3 Å². The van der Waals surface area contributed by atoms with Crippen LogP contribution in [-0.2, 0) is 17.8 Å². The first-order valence-corrected chi connectivity index (χ1v) is 8.78. The highest BCUT2D eigenvalue weighted by Crippen LogP contribution is 2.14. The van der Waals surface area contributed by atoms with Gasteiger partial charge in [-0.25, -0.2) is 0 Å². The molecule has 0 bridgehead atoms. The van der Waals surface area contributed by atoms with Gasteiger partial charge in [-0.3, -0.25) is 0 Å². The van der Waals surface area contributed by atoms with E-state index >= 15 is 0 Å². The molecule has 138 valence electrons. The number of ether oxygens (including phenoxy) is 1. The van der Waals surface area contributed by atoms with E-state index in [9.17, 15) is 5.11 Å². The molecule has 2 atom stereocenters.